The van der Waals surface area contributed by atoms with Crippen LogP contribution in [0.5, 0.6) is 0 Å². The number of hydrogen-bond donors (Lipinski definition) is 1. The van der Waals surface area contributed by atoms with Crippen molar-refractivity contribution in [3.05, 3.63) is 0 Å². The van der Waals surface area contributed by atoms with Crippen LogP contribution in [0.25, 0.3) is 0 Å². The van der Waals surface area contributed by atoms with E-state index < -0.39 is 0 Å². The van der Waals surface area contributed by atoms with E-state index >= 15 is 0 Å². The molecule has 48 valence electrons. The number of morpholine rings is 1. The molecule has 1 aliphatic heterocycles. The highest BCUT2D eigenvalue weighted by molar-refractivity contribution is 4.52. The smallest absolute Gasteiger partial charge is 0.106 e. The molecule has 1 saturated heterocycles. The average Bonchev–Trinajstić information content (AvgIpc) is 1.90. The molecule has 1 fully saturated rings. The topological polar surface area (TPSA) is 25.8 Å². The molecule has 1 rings (SSSR count). The fourth-order valence-corrected chi connectivity index (χ4v) is 0.974. The maximum Gasteiger partial charge on any atom is 0.106 e. The Labute approximate surface area is 50.2 Å². The Morgan fingerprint density at radius 2 is 2.62 bits per heavy atom. The van der Waals surface area contributed by atoms with E-state index in [4.69, 9.17) is 4.74 Å². The standard InChI is InChI=1S/C6H13NO/c1-2-6-5-7-3-4-8-6/h6-7H,2-5H2,1H3/p+1/t6-/m0/s1. The summed E-state index contributed by atoms with van der Waals surface area (Å²) >= 11 is 0. The number of rotatable bonds is 1. The van der Waals surface area contributed by atoms with Gasteiger partial charge < -0.3 is 10.1 Å². The minimum atomic E-state index is 0.531. The van der Waals surface area contributed by atoms with Crippen molar-refractivity contribution in [1.29, 1.82) is 0 Å². The van der Waals surface area contributed by atoms with Gasteiger partial charge in [0, 0.05) is 0 Å². The Hall–Kier alpha value is -0.0800. The summed E-state index contributed by atoms with van der Waals surface area (Å²) in [5, 5.41) is 2.32. The van der Waals surface area contributed by atoms with Crippen molar-refractivity contribution < 1.29 is 10.1 Å². The Bertz CT molecular complexity index is 59.5. The minimum absolute atomic E-state index is 0.531. The third kappa shape index (κ3) is 1.46. The van der Waals surface area contributed by atoms with Gasteiger partial charge in [-0.15, -0.1) is 0 Å². The van der Waals surface area contributed by atoms with E-state index in [1.54, 1.807) is 0 Å². The molecule has 0 saturated carbocycles. The molecule has 1 aliphatic rings. The van der Waals surface area contributed by atoms with Gasteiger partial charge in [0.25, 0.3) is 0 Å². The van der Waals surface area contributed by atoms with Gasteiger partial charge in [-0.3, -0.25) is 0 Å². The molecule has 1 heterocycles. The molecule has 8 heavy (non-hydrogen) atoms. The van der Waals surface area contributed by atoms with Crippen molar-refractivity contribution in [2.45, 2.75) is 19.4 Å². The zero-order chi connectivity index (χ0) is 5.82. The lowest BCUT2D eigenvalue weighted by molar-refractivity contribution is -0.677. The maximum absolute atomic E-state index is 5.40. The van der Waals surface area contributed by atoms with Crippen molar-refractivity contribution in [2.75, 3.05) is 19.7 Å². The molecule has 2 nitrogen and oxygen atoms in total. The molecule has 0 radical (unpaired) electrons. The second-order valence-electron chi connectivity index (χ2n) is 2.21. The number of quaternary nitrogens is 1. The Morgan fingerprint density at radius 3 is 3.00 bits per heavy atom. The lowest BCUT2D eigenvalue weighted by atomic mass is 10.2. The summed E-state index contributed by atoms with van der Waals surface area (Å²) in [6.45, 7) is 5.43. The highest BCUT2D eigenvalue weighted by atomic mass is 16.5. The number of nitrogens with two attached hydrogens (primary N) is 1. The molecule has 2 N–H and O–H groups in total. The Morgan fingerprint density at radius 1 is 1.75 bits per heavy atom. The van der Waals surface area contributed by atoms with E-state index in [2.05, 4.69) is 12.2 Å². The second-order valence-corrected chi connectivity index (χ2v) is 2.21. The predicted molar refractivity (Wildman–Crippen MR) is 31.7 cm³/mol. The Balaban J connectivity index is 2.13. The van der Waals surface area contributed by atoms with Gasteiger partial charge in [-0.1, -0.05) is 6.92 Å². The predicted octanol–water partition coefficient (Wildman–Crippen LogP) is -0.641. The number of hydrogen-bond acceptors (Lipinski definition) is 1. The van der Waals surface area contributed by atoms with Crippen LogP contribution in [0.4, 0.5) is 0 Å². The minimum Gasteiger partial charge on any atom is -0.367 e. The van der Waals surface area contributed by atoms with E-state index in [1.807, 2.05) is 0 Å². The highest BCUT2D eigenvalue weighted by Gasteiger charge is 2.12. The van der Waals surface area contributed by atoms with Crippen LogP contribution in [-0.2, 0) is 4.74 Å². The van der Waals surface area contributed by atoms with Crippen LogP contribution in [0.15, 0.2) is 0 Å². The first kappa shape index (κ1) is 6.05. The van der Waals surface area contributed by atoms with E-state index in [0.29, 0.717) is 6.10 Å². The average molecular weight is 116 g/mol. The quantitative estimate of drug-likeness (QED) is 0.484. The first-order valence-electron chi connectivity index (χ1n) is 3.36. The summed E-state index contributed by atoms with van der Waals surface area (Å²) in [5.74, 6) is 0. The summed E-state index contributed by atoms with van der Waals surface area (Å²) in [7, 11) is 0. The molecule has 0 aromatic carbocycles. The van der Waals surface area contributed by atoms with Gasteiger partial charge in [-0.25, -0.2) is 0 Å². The van der Waals surface area contributed by atoms with E-state index in [0.717, 1.165) is 26.1 Å². The third-order valence-corrected chi connectivity index (χ3v) is 1.56. The van der Waals surface area contributed by atoms with Gasteiger partial charge in [0.2, 0.25) is 0 Å². The van der Waals surface area contributed by atoms with Crippen LogP contribution < -0.4 is 5.32 Å². The van der Waals surface area contributed by atoms with Crippen LogP contribution in [0.1, 0.15) is 13.3 Å². The summed E-state index contributed by atoms with van der Waals surface area (Å²) < 4.78 is 5.40. The van der Waals surface area contributed by atoms with E-state index in [9.17, 15) is 0 Å². The third-order valence-electron chi connectivity index (χ3n) is 1.56. The summed E-state index contributed by atoms with van der Waals surface area (Å²) in [4.78, 5) is 0. The highest BCUT2D eigenvalue weighted by Crippen LogP contribution is 1.94. The van der Waals surface area contributed by atoms with E-state index in [-0.39, 0.29) is 0 Å². The van der Waals surface area contributed by atoms with Gasteiger partial charge in [0.05, 0.1) is 13.2 Å². The lowest BCUT2D eigenvalue weighted by Gasteiger charge is -2.18. The van der Waals surface area contributed by atoms with Gasteiger partial charge in [-0.2, -0.15) is 0 Å². The van der Waals surface area contributed by atoms with Crippen LogP contribution >= 0.6 is 0 Å². The molecule has 0 spiro atoms. The molecule has 0 aliphatic carbocycles. The molecule has 0 amide bonds. The zero-order valence-corrected chi connectivity index (χ0v) is 5.39. The normalized spacial score (nSPS) is 30.4. The van der Waals surface area contributed by atoms with Crippen LogP contribution in [-0.4, -0.2) is 25.8 Å². The van der Waals surface area contributed by atoms with Crippen molar-refractivity contribution in [3.63, 3.8) is 0 Å². The largest absolute Gasteiger partial charge is 0.367 e. The maximum atomic E-state index is 5.40. The van der Waals surface area contributed by atoms with Crippen LogP contribution in [0.3, 0.4) is 0 Å². The van der Waals surface area contributed by atoms with Crippen molar-refractivity contribution >= 4 is 0 Å². The van der Waals surface area contributed by atoms with Crippen molar-refractivity contribution in [1.82, 2.24) is 0 Å². The van der Waals surface area contributed by atoms with Gasteiger partial charge in [0.1, 0.15) is 12.6 Å². The summed E-state index contributed by atoms with van der Waals surface area (Å²) in [6, 6.07) is 0. The van der Waals surface area contributed by atoms with Crippen LogP contribution in [0.2, 0.25) is 0 Å². The lowest BCUT2D eigenvalue weighted by Crippen LogP contribution is -2.89. The SMILES string of the molecule is CC[C@H]1C[NH2+]CCO1. The molecular weight excluding hydrogens is 102 g/mol. The molecule has 0 bridgehead atoms. The zero-order valence-electron chi connectivity index (χ0n) is 5.39. The fourth-order valence-electron chi connectivity index (χ4n) is 0.974. The van der Waals surface area contributed by atoms with Crippen molar-refractivity contribution in [3.8, 4) is 0 Å². The second kappa shape index (κ2) is 3.05. The van der Waals surface area contributed by atoms with Crippen molar-refractivity contribution in [2.24, 2.45) is 0 Å². The first-order chi connectivity index (χ1) is 3.93. The molecule has 1 atom stereocenters. The van der Waals surface area contributed by atoms with E-state index in [1.165, 1.54) is 0 Å². The van der Waals surface area contributed by atoms with Gasteiger partial charge >= 0.3 is 0 Å². The van der Waals surface area contributed by atoms with Gasteiger partial charge in [-0.05, 0) is 6.42 Å². The molecular formula is C6H14NO+. The van der Waals surface area contributed by atoms with Gasteiger partial charge in [0.15, 0.2) is 0 Å². The Kier molecular flexibility index (Phi) is 2.30. The first-order valence-corrected chi connectivity index (χ1v) is 3.36. The summed E-state index contributed by atoms with van der Waals surface area (Å²) in [6.07, 6.45) is 1.69. The summed E-state index contributed by atoms with van der Waals surface area (Å²) in [5.41, 5.74) is 0. The van der Waals surface area contributed by atoms with Crippen LogP contribution in [0, 0.1) is 0 Å². The monoisotopic (exact) mass is 116 g/mol. The molecule has 0 unspecified atom stereocenters. The molecule has 2 heteroatoms. The number of ether oxygens (including phenoxy) is 1. The fraction of sp³-hybridized carbons (Fsp3) is 1.00. The molecule has 0 aromatic heterocycles. The molecule has 0 aromatic rings.